The molecule has 1 unspecified atom stereocenters. The molecule has 0 saturated carbocycles. The summed E-state index contributed by atoms with van der Waals surface area (Å²) in [5.74, 6) is -0.277. The van der Waals surface area contributed by atoms with Crippen LogP contribution in [0.5, 0.6) is 0 Å². The van der Waals surface area contributed by atoms with E-state index < -0.39 is 0 Å². The van der Waals surface area contributed by atoms with Gasteiger partial charge in [0.25, 0.3) is 0 Å². The third kappa shape index (κ3) is 4.59. The van der Waals surface area contributed by atoms with E-state index in [1.54, 1.807) is 0 Å². The Bertz CT molecular complexity index is 148. The van der Waals surface area contributed by atoms with Crippen molar-refractivity contribution in [2.45, 2.75) is 33.8 Å². The first-order valence-electron chi connectivity index (χ1n) is 3.91. The fourth-order valence-corrected chi connectivity index (χ4v) is 0.707. The fourth-order valence-electron chi connectivity index (χ4n) is 0.707. The van der Waals surface area contributed by atoms with E-state index in [1.807, 2.05) is 39.8 Å². The molecular formula is C9H16O2. The molecule has 0 N–H and O–H groups in total. The Morgan fingerprint density at radius 3 is 2.27 bits per heavy atom. The minimum atomic E-state index is -0.155. The van der Waals surface area contributed by atoms with Gasteiger partial charge in [-0.3, -0.25) is 4.79 Å². The monoisotopic (exact) mass is 156 g/mol. The topological polar surface area (TPSA) is 26.3 Å². The van der Waals surface area contributed by atoms with Gasteiger partial charge in [-0.2, -0.15) is 0 Å². The normalized spacial score (nSPS) is 13.9. The fraction of sp³-hybridized carbons (Fsp3) is 0.667. The average molecular weight is 156 g/mol. The number of esters is 1. The zero-order valence-electron chi connectivity index (χ0n) is 7.63. The van der Waals surface area contributed by atoms with Gasteiger partial charge in [-0.05, 0) is 27.7 Å². The van der Waals surface area contributed by atoms with Crippen molar-refractivity contribution in [2.75, 3.05) is 0 Å². The minimum absolute atomic E-state index is 0.0183. The summed E-state index contributed by atoms with van der Waals surface area (Å²) in [6, 6.07) is 0. The first kappa shape index (κ1) is 10.2. The van der Waals surface area contributed by atoms with Gasteiger partial charge in [-0.1, -0.05) is 12.2 Å². The van der Waals surface area contributed by atoms with E-state index in [0.29, 0.717) is 0 Å². The Hall–Kier alpha value is -0.790. The number of allylic oxidation sites excluding steroid dienone is 1. The smallest absolute Gasteiger partial charge is 0.312 e. The molecule has 0 aromatic heterocycles. The number of hydrogen-bond acceptors (Lipinski definition) is 2. The summed E-state index contributed by atoms with van der Waals surface area (Å²) in [7, 11) is 0. The van der Waals surface area contributed by atoms with E-state index in [9.17, 15) is 4.79 Å². The lowest BCUT2D eigenvalue weighted by Crippen LogP contribution is -2.17. The average Bonchev–Trinajstić information content (AvgIpc) is 1.86. The highest BCUT2D eigenvalue weighted by molar-refractivity contribution is 5.74. The van der Waals surface area contributed by atoms with Crippen LogP contribution in [0.1, 0.15) is 27.7 Å². The zero-order valence-corrected chi connectivity index (χ0v) is 7.63. The maximum absolute atomic E-state index is 11.1. The summed E-state index contributed by atoms with van der Waals surface area (Å²) in [5, 5.41) is 0. The van der Waals surface area contributed by atoms with E-state index >= 15 is 0 Å². The molecule has 0 spiro atoms. The predicted molar refractivity (Wildman–Crippen MR) is 45.2 cm³/mol. The minimum Gasteiger partial charge on any atom is -0.463 e. The summed E-state index contributed by atoms with van der Waals surface area (Å²) >= 11 is 0. The summed E-state index contributed by atoms with van der Waals surface area (Å²) in [6.45, 7) is 7.41. The van der Waals surface area contributed by atoms with Gasteiger partial charge < -0.3 is 4.74 Å². The second kappa shape index (κ2) is 4.94. The summed E-state index contributed by atoms with van der Waals surface area (Å²) in [4.78, 5) is 11.1. The number of ether oxygens (including phenoxy) is 1. The Balaban J connectivity index is 3.83. The molecule has 0 saturated heterocycles. The van der Waals surface area contributed by atoms with E-state index in [2.05, 4.69) is 0 Å². The van der Waals surface area contributed by atoms with Crippen LogP contribution in [0.15, 0.2) is 12.2 Å². The SMILES string of the molecule is CC=CC(C)C(=O)OC(C)C. The Morgan fingerprint density at radius 1 is 1.36 bits per heavy atom. The van der Waals surface area contributed by atoms with E-state index in [0.717, 1.165) is 0 Å². The summed E-state index contributed by atoms with van der Waals surface area (Å²) in [5.41, 5.74) is 0. The summed E-state index contributed by atoms with van der Waals surface area (Å²) in [6.07, 6.45) is 3.66. The quantitative estimate of drug-likeness (QED) is 0.462. The molecule has 0 aliphatic carbocycles. The van der Waals surface area contributed by atoms with Crippen LogP contribution in [0.2, 0.25) is 0 Å². The van der Waals surface area contributed by atoms with Gasteiger partial charge in [-0.25, -0.2) is 0 Å². The molecule has 0 rings (SSSR count). The van der Waals surface area contributed by atoms with Gasteiger partial charge in [0.15, 0.2) is 0 Å². The van der Waals surface area contributed by atoms with Crippen molar-refractivity contribution in [1.82, 2.24) is 0 Å². The van der Waals surface area contributed by atoms with Crippen molar-refractivity contribution in [1.29, 1.82) is 0 Å². The van der Waals surface area contributed by atoms with Gasteiger partial charge in [0.2, 0.25) is 0 Å². The van der Waals surface area contributed by atoms with Crippen molar-refractivity contribution in [3.8, 4) is 0 Å². The lowest BCUT2D eigenvalue weighted by atomic mass is 10.2. The maximum atomic E-state index is 11.1. The van der Waals surface area contributed by atoms with Gasteiger partial charge in [0, 0.05) is 0 Å². The van der Waals surface area contributed by atoms with Crippen LogP contribution in [0.3, 0.4) is 0 Å². The van der Waals surface area contributed by atoms with E-state index in [1.165, 1.54) is 0 Å². The van der Waals surface area contributed by atoms with Crippen LogP contribution < -0.4 is 0 Å². The molecule has 0 amide bonds. The third-order valence-electron chi connectivity index (χ3n) is 1.20. The Morgan fingerprint density at radius 2 is 1.91 bits per heavy atom. The molecule has 0 fully saturated rings. The molecule has 1 atom stereocenters. The summed E-state index contributed by atoms with van der Waals surface area (Å²) < 4.78 is 4.97. The van der Waals surface area contributed by atoms with Crippen LogP contribution >= 0.6 is 0 Å². The molecule has 0 aromatic carbocycles. The molecule has 0 radical (unpaired) electrons. The van der Waals surface area contributed by atoms with Crippen molar-refractivity contribution >= 4 is 5.97 Å². The van der Waals surface area contributed by atoms with Gasteiger partial charge in [0.1, 0.15) is 0 Å². The lowest BCUT2D eigenvalue weighted by Gasteiger charge is -2.10. The standard InChI is InChI=1S/C9H16O2/c1-5-6-8(4)9(10)11-7(2)3/h5-8H,1-4H3. The van der Waals surface area contributed by atoms with Crippen molar-refractivity contribution in [3.05, 3.63) is 12.2 Å². The highest BCUT2D eigenvalue weighted by atomic mass is 16.5. The highest BCUT2D eigenvalue weighted by Crippen LogP contribution is 2.02. The molecule has 0 heterocycles. The molecule has 0 aliphatic rings. The van der Waals surface area contributed by atoms with Gasteiger partial charge in [-0.15, -0.1) is 0 Å². The Labute approximate surface area is 68.2 Å². The maximum Gasteiger partial charge on any atom is 0.312 e. The van der Waals surface area contributed by atoms with Crippen molar-refractivity contribution in [2.24, 2.45) is 5.92 Å². The van der Waals surface area contributed by atoms with E-state index in [4.69, 9.17) is 4.74 Å². The molecule has 0 aromatic rings. The predicted octanol–water partition coefficient (Wildman–Crippen LogP) is 2.15. The Kier molecular flexibility index (Phi) is 4.59. The first-order chi connectivity index (χ1) is 5.07. The number of carbonyl (C=O) groups is 1. The van der Waals surface area contributed by atoms with Crippen LogP contribution in [-0.4, -0.2) is 12.1 Å². The molecule has 64 valence electrons. The molecule has 2 nitrogen and oxygen atoms in total. The van der Waals surface area contributed by atoms with Gasteiger partial charge in [0.05, 0.1) is 12.0 Å². The third-order valence-corrected chi connectivity index (χ3v) is 1.20. The van der Waals surface area contributed by atoms with Gasteiger partial charge >= 0.3 is 5.97 Å². The van der Waals surface area contributed by atoms with Crippen molar-refractivity contribution < 1.29 is 9.53 Å². The number of hydrogen-bond donors (Lipinski definition) is 0. The molecule has 0 bridgehead atoms. The van der Waals surface area contributed by atoms with Crippen molar-refractivity contribution in [3.63, 3.8) is 0 Å². The second-order valence-corrected chi connectivity index (χ2v) is 2.80. The van der Waals surface area contributed by atoms with Crippen LogP contribution in [-0.2, 0) is 9.53 Å². The molecular weight excluding hydrogens is 140 g/mol. The molecule has 2 heteroatoms. The number of carbonyl (C=O) groups excluding carboxylic acids is 1. The van der Waals surface area contributed by atoms with Crippen LogP contribution in [0.4, 0.5) is 0 Å². The largest absolute Gasteiger partial charge is 0.463 e. The van der Waals surface area contributed by atoms with Crippen LogP contribution in [0, 0.1) is 5.92 Å². The first-order valence-corrected chi connectivity index (χ1v) is 3.91. The zero-order chi connectivity index (χ0) is 8.85. The van der Waals surface area contributed by atoms with E-state index in [-0.39, 0.29) is 18.0 Å². The second-order valence-electron chi connectivity index (χ2n) is 2.80. The molecule has 11 heavy (non-hydrogen) atoms. The molecule has 0 aliphatic heterocycles. The highest BCUT2D eigenvalue weighted by Gasteiger charge is 2.11. The van der Waals surface area contributed by atoms with Crippen LogP contribution in [0.25, 0.3) is 0 Å². The number of rotatable bonds is 3. The lowest BCUT2D eigenvalue weighted by molar-refractivity contribution is -0.150.